The Morgan fingerprint density at radius 1 is 1.40 bits per heavy atom. The summed E-state index contributed by atoms with van der Waals surface area (Å²) < 4.78 is 13.4. The summed E-state index contributed by atoms with van der Waals surface area (Å²) in [5.41, 5.74) is 0.679. The third-order valence-electron chi connectivity index (χ3n) is 2.16. The van der Waals surface area contributed by atoms with Crippen molar-refractivity contribution in [2.24, 2.45) is 5.92 Å². The van der Waals surface area contributed by atoms with Crippen molar-refractivity contribution in [1.82, 2.24) is 5.32 Å². The Balaban J connectivity index is 2.41. The molecule has 3 heteroatoms. The summed E-state index contributed by atoms with van der Waals surface area (Å²) in [6.45, 7) is 6.04. The van der Waals surface area contributed by atoms with E-state index >= 15 is 0 Å². The van der Waals surface area contributed by atoms with Gasteiger partial charge in [0.25, 0.3) is 0 Å². The quantitative estimate of drug-likeness (QED) is 0.765. The summed E-state index contributed by atoms with van der Waals surface area (Å²) in [6.07, 6.45) is 0.680. The fourth-order valence-electron chi connectivity index (χ4n) is 1.36. The molecule has 84 valence electrons. The maximum atomic E-state index is 13.4. The molecule has 1 N–H and O–H groups in total. The van der Waals surface area contributed by atoms with Gasteiger partial charge in [-0.2, -0.15) is 0 Å². The van der Waals surface area contributed by atoms with Crippen LogP contribution < -0.4 is 5.32 Å². The molecule has 1 aromatic carbocycles. The van der Waals surface area contributed by atoms with Gasteiger partial charge in [0.15, 0.2) is 0 Å². The summed E-state index contributed by atoms with van der Waals surface area (Å²) in [7, 11) is 0. The lowest BCUT2D eigenvalue weighted by Gasteiger charge is -2.08. The average molecular weight is 230 g/mol. The van der Waals surface area contributed by atoms with Crippen molar-refractivity contribution in [2.75, 3.05) is 13.1 Å². The molecule has 1 rings (SSSR count). The number of halogens is 2. The fourth-order valence-corrected chi connectivity index (χ4v) is 1.55. The Bertz CT molecular complexity index is 312. The van der Waals surface area contributed by atoms with Crippen LogP contribution in [0.25, 0.3) is 0 Å². The van der Waals surface area contributed by atoms with E-state index in [2.05, 4.69) is 19.2 Å². The van der Waals surface area contributed by atoms with E-state index < -0.39 is 0 Å². The van der Waals surface area contributed by atoms with Crippen LogP contribution in [0.2, 0.25) is 5.02 Å². The molecular weight excluding hydrogens is 213 g/mol. The summed E-state index contributed by atoms with van der Waals surface area (Å²) >= 11 is 5.68. The van der Waals surface area contributed by atoms with E-state index in [1.165, 1.54) is 0 Å². The van der Waals surface area contributed by atoms with Crippen LogP contribution in [0.1, 0.15) is 19.4 Å². The van der Waals surface area contributed by atoms with Gasteiger partial charge in [0.05, 0.1) is 5.02 Å². The SMILES string of the molecule is CC(C)CNCCc1cccc(Cl)c1F. The molecule has 0 fully saturated rings. The number of nitrogens with one attached hydrogen (secondary N) is 1. The van der Waals surface area contributed by atoms with E-state index in [-0.39, 0.29) is 10.8 Å². The van der Waals surface area contributed by atoms with Gasteiger partial charge in [-0.1, -0.05) is 37.6 Å². The van der Waals surface area contributed by atoms with Gasteiger partial charge < -0.3 is 5.32 Å². The number of hydrogen-bond donors (Lipinski definition) is 1. The normalized spacial score (nSPS) is 11.0. The van der Waals surface area contributed by atoms with Gasteiger partial charge in [0.1, 0.15) is 5.82 Å². The second-order valence-corrected chi connectivity index (χ2v) is 4.47. The molecule has 0 saturated heterocycles. The lowest BCUT2D eigenvalue weighted by molar-refractivity contribution is 0.546. The minimum Gasteiger partial charge on any atom is -0.316 e. The highest BCUT2D eigenvalue weighted by molar-refractivity contribution is 6.30. The van der Waals surface area contributed by atoms with Crippen molar-refractivity contribution in [3.05, 3.63) is 34.6 Å². The van der Waals surface area contributed by atoms with E-state index in [9.17, 15) is 4.39 Å². The predicted molar refractivity (Wildman–Crippen MR) is 62.8 cm³/mol. The summed E-state index contributed by atoms with van der Waals surface area (Å²) in [5, 5.41) is 3.48. The summed E-state index contributed by atoms with van der Waals surface area (Å²) in [6, 6.07) is 5.13. The molecule has 0 atom stereocenters. The molecule has 0 radical (unpaired) electrons. The molecule has 0 unspecified atom stereocenters. The van der Waals surface area contributed by atoms with Gasteiger partial charge in [-0.15, -0.1) is 0 Å². The molecule has 15 heavy (non-hydrogen) atoms. The van der Waals surface area contributed by atoms with Crippen molar-refractivity contribution in [3.8, 4) is 0 Å². The first-order valence-corrected chi connectivity index (χ1v) is 5.62. The molecule has 0 amide bonds. The number of benzene rings is 1. The van der Waals surface area contributed by atoms with Crippen molar-refractivity contribution < 1.29 is 4.39 Å². The van der Waals surface area contributed by atoms with Gasteiger partial charge in [-0.3, -0.25) is 0 Å². The number of hydrogen-bond acceptors (Lipinski definition) is 1. The first kappa shape index (κ1) is 12.5. The summed E-state index contributed by atoms with van der Waals surface area (Å²) in [5.74, 6) is 0.333. The molecule has 1 aromatic rings. The zero-order valence-electron chi connectivity index (χ0n) is 9.19. The maximum Gasteiger partial charge on any atom is 0.145 e. The van der Waals surface area contributed by atoms with Crippen molar-refractivity contribution in [1.29, 1.82) is 0 Å². The predicted octanol–water partition coefficient (Wildman–Crippen LogP) is 3.27. The second kappa shape index (κ2) is 6.09. The summed E-state index contributed by atoms with van der Waals surface area (Å²) in [4.78, 5) is 0. The van der Waals surface area contributed by atoms with Gasteiger partial charge in [0.2, 0.25) is 0 Å². The van der Waals surface area contributed by atoms with E-state index in [1.807, 2.05) is 0 Å². The topological polar surface area (TPSA) is 12.0 Å². The lowest BCUT2D eigenvalue weighted by atomic mass is 10.1. The van der Waals surface area contributed by atoms with E-state index in [0.29, 0.717) is 17.9 Å². The van der Waals surface area contributed by atoms with Crippen LogP contribution in [0, 0.1) is 11.7 Å². The molecule has 0 bridgehead atoms. The van der Waals surface area contributed by atoms with Crippen LogP contribution in [-0.2, 0) is 6.42 Å². The molecular formula is C12H17ClFN. The second-order valence-electron chi connectivity index (χ2n) is 4.06. The van der Waals surface area contributed by atoms with Gasteiger partial charge in [-0.05, 0) is 37.1 Å². The highest BCUT2D eigenvalue weighted by atomic mass is 35.5. The minimum absolute atomic E-state index is 0.205. The van der Waals surface area contributed by atoms with Gasteiger partial charge >= 0.3 is 0 Å². The smallest absolute Gasteiger partial charge is 0.145 e. The molecule has 0 aliphatic carbocycles. The standard InChI is InChI=1S/C12H17ClFN/c1-9(2)8-15-7-6-10-4-3-5-11(13)12(10)14/h3-5,9,15H,6-8H2,1-2H3. The monoisotopic (exact) mass is 229 g/mol. The van der Waals surface area contributed by atoms with Crippen LogP contribution >= 0.6 is 11.6 Å². The van der Waals surface area contributed by atoms with Gasteiger partial charge in [0, 0.05) is 0 Å². The first-order chi connectivity index (χ1) is 7.11. The third kappa shape index (κ3) is 4.18. The lowest BCUT2D eigenvalue weighted by Crippen LogP contribution is -2.22. The highest BCUT2D eigenvalue weighted by Gasteiger charge is 2.05. The molecule has 1 nitrogen and oxygen atoms in total. The largest absolute Gasteiger partial charge is 0.316 e. The average Bonchev–Trinajstić information content (AvgIpc) is 2.18. The highest BCUT2D eigenvalue weighted by Crippen LogP contribution is 2.17. The molecule has 0 saturated carbocycles. The van der Waals surface area contributed by atoms with E-state index in [0.717, 1.165) is 13.1 Å². The minimum atomic E-state index is -0.287. The van der Waals surface area contributed by atoms with Crippen LogP contribution in [0.4, 0.5) is 4.39 Å². The molecule has 0 aliphatic heterocycles. The van der Waals surface area contributed by atoms with Crippen LogP contribution in [-0.4, -0.2) is 13.1 Å². The first-order valence-electron chi connectivity index (χ1n) is 5.25. The molecule has 0 heterocycles. The molecule has 0 aromatic heterocycles. The Hall–Kier alpha value is -0.600. The Morgan fingerprint density at radius 2 is 2.13 bits per heavy atom. The fraction of sp³-hybridized carbons (Fsp3) is 0.500. The zero-order valence-corrected chi connectivity index (χ0v) is 9.94. The van der Waals surface area contributed by atoms with E-state index in [1.54, 1.807) is 18.2 Å². The van der Waals surface area contributed by atoms with Crippen molar-refractivity contribution in [2.45, 2.75) is 20.3 Å². The molecule has 0 aliphatic rings. The maximum absolute atomic E-state index is 13.4. The zero-order chi connectivity index (χ0) is 11.3. The van der Waals surface area contributed by atoms with E-state index in [4.69, 9.17) is 11.6 Å². The Morgan fingerprint density at radius 3 is 2.80 bits per heavy atom. The Labute approximate surface area is 95.6 Å². The van der Waals surface area contributed by atoms with Crippen LogP contribution in [0.15, 0.2) is 18.2 Å². The van der Waals surface area contributed by atoms with Crippen LogP contribution in [0.5, 0.6) is 0 Å². The van der Waals surface area contributed by atoms with Crippen molar-refractivity contribution in [3.63, 3.8) is 0 Å². The van der Waals surface area contributed by atoms with Crippen LogP contribution in [0.3, 0.4) is 0 Å². The van der Waals surface area contributed by atoms with Crippen molar-refractivity contribution >= 4 is 11.6 Å². The Kier molecular flexibility index (Phi) is 5.06. The third-order valence-corrected chi connectivity index (χ3v) is 2.45. The molecule has 0 spiro atoms. The van der Waals surface area contributed by atoms with Gasteiger partial charge in [-0.25, -0.2) is 4.39 Å². The number of rotatable bonds is 5.